The molecule has 0 atom stereocenters. The molecule has 0 aliphatic rings. The maximum absolute atomic E-state index is 13.3. The van der Waals surface area contributed by atoms with Crippen LogP contribution in [0.3, 0.4) is 0 Å². The van der Waals surface area contributed by atoms with Gasteiger partial charge in [0.1, 0.15) is 0 Å². The zero-order valence-electron chi connectivity index (χ0n) is 14.8. The summed E-state index contributed by atoms with van der Waals surface area (Å²) < 4.78 is 28.5. The van der Waals surface area contributed by atoms with Crippen molar-refractivity contribution in [2.75, 3.05) is 0 Å². The number of aromatic amines is 1. The largest absolute Gasteiger partial charge is 0.360 e. The second kappa shape index (κ2) is 5.85. The zero-order valence-corrected chi connectivity index (χ0v) is 15.6. The first-order chi connectivity index (χ1) is 12.4. The van der Waals surface area contributed by atoms with Crippen molar-refractivity contribution in [3.8, 4) is 5.69 Å². The minimum absolute atomic E-state index is 0.319. The predicted octanol–water partition coefficient (Wildman–Crippen LogP) is 4.11. The number of aryl methyl sites for hydroxylation is 3. The lowest BCUT2D eigenvalue weighted by Gasteiger charge is -2.10. The van der Waals surface area contributed by atoms with E-state index in [-0.39, 0.29) is 0 Å². The lowest BCUT2D eigenvalue weighted by atomic mass is 10.1. The van der Waals surface area contributed by atoms with E-state index in [1.54, 1.807) is 18.6 Å². The van der Waals surface area contributed by atoms with Gasteiger partial charge in [-0.15, -0.1) is 0 Å². The van der Waals surface area contributed by atoms with Crippen LogP contribution < -0.4 is 0 Å². The van der Waals surface area contributed by atoms with Crippen molar-refractivity contribution in [1.82, 2.24) is 14.5 Å². The molecule has 0 unspecified atom stereocenters. The summed E-state index contributed by atoms with van der Waals surface area (Å²) >= 11 is 0. The van der Waals surface area contributed by atoms with Gasteiger partial charge in [0, 0.05) is 29.0 Å². The van der Waals surface area contributed by atoms with E-state index in [0.717, 1.165) is 27.8 Å². The monoisotopic (exact) mass is 365 g/mol. The summed E-state index contributed by atoms with van der Waals surface area (Å²) in [6.45, 7) is 5.66. The third kappa shape index (κ3) is 2.54. The quantitative estimate of drug-likeness (QED) is 0.594. The number of benzene rings is 2. The highest BCUT2D eigenvalue weighted by Crippen LogP contribution is 2.32. The third-order valence-corrected chi connectivity index (χ3v) is 6.56. The van der Waals surface area contributed by atoms with Crippen LogP contribution in [-0.2, 0) is 9.84 Å². The van der Waals surface area contributed by atoms with Gasteiger partial charge in [0.15, 0.2) is 0 Å². The van der Waals surface area contributed by atoms with E-state index in [1.807, 2.05) is 61.9 Å². The van der Waals surface area contributed by atoms with E-state index >= 15 is 0 Å². The molecule has 4 rings (SSSR count). The van der Waals surface area contributed by atoms with Crippen LogP contribution in [0, 0.1) is 20.8 Å². The van der Waals surface area contributed by atoms with Crippen molar-refractivity contribution >= 4 is 20.7 Å². The molecule has 2 heterocycles. The summed E-state index contributed by atoms with van der Waals surface area (Å²) in [7, 11) is -3.63. The van der Waals surface area contributed by atoms with Crippen molar-refractivity contribution in [3.63, 3.8) is 0 Å². The molecule has 0 aliphatic heterocycles. The Morgan fingerprint density at radius 3 is 2.50 bits per heavy atom. The van der Waals surface area contributed by atoms with Gasteiger partial charge in [-0.25, -0.2) is 13.4 Å². The first-order valence-electron chi connectivity index (χ1n) is 8.31. The molecule has 0 fully saturated rings. The number of fused-ring (bicyclic) bond motifs is 1. The summed E-state index contributed by atoms with van der Waals surface area (Å²) in [4.78, 5) is 7.93. The molecule has 2 aromatic heterocycles. The topological polar surface area (TPSA) is 67.8 Å². The number of imidazole rings is 1. The molecule has 0 saturated heterocycles. The Bertz CT molecular complexity index is 1230. The maximum Gasteiger partial charge on any atom is 0.208 e. The Hall–Kier alpha value is -2.86. The first-order valence-corrected chi connectivity index (χ1v) is 9.79. The minimum atomic E-state index is -3.63. The molecule has 0 amide bonds. The number of H-pyrrole nitrogens is 1. The second-order valence-corrected chi connectivity index (χ2v) is 8.41. The number of aromatic nitrogens is 3. The Labute approximate surface area is 152 Å². The van der Waals surface area contributed by atoms with E-state index in [9.17, 15) is 8.42 Å². The van der Waals surface area contributed by atoms with Crippen molar-refractivity contribution in [1.29, 1.82) is 0 Å². The van der Waals surface area contributed by atoms with E-state index in [2.05, 4.69) is 9.97 Å². The molecule has 26 heavy (non-hydrogen) atoms. The molecule has 0 spiro atoms. The molecule has 0 saturated carbocycles. The Kier molecular flexibility index (Phi) is 3.73. The van der Waals surface area contributed by atoms with Gasteiger partial charge < -0.3 is 9.55 Å². The number of rotatable bonds is 3. The number of hydrogen-bond donors (Lipinski definition) is 1. The smallest absolute Gasteiger partial charge is 0.208 e. The Morgan fingerprint density at radius 1 is 1.00 bits per heavy atom. The SMILES string of the molecule is Cc1cn(-c2ccc(S(=O)(=O)c3c[nH]c4cccc(C)c34)c(C)c2)cn1. The van der Waals surface area contributed by atoms with Crippen LogP contribution in [0.4, 0.5) is 0 Å². The van der Waals surface area contributed by atoms with Crippen LogP contribution in [0.2, 0.25) is 0 Å². The summed E-state index contributed by atoms with van der Waals surface area (Å²) in [5, 5.41) is 0.751. The van der Waals surface area contributed by atoms with Gasteiger partial charge in [-0.2, -0.15) is 0 Å². The highest BCUT2D eigenvalue weighted by Gasteiger charge is 2.24. The molecule has 1 N–H and O–H groups in total. The number of sulfone groups is 1. The van der Waals surface area contributed by atoms with E-state index in [1.165, 1.54) is 0 Å². The average molecular weight is 365 g/mol. The van der Waals surface area contributed by atoms with Crippen LogP contribution in [0.5, 0.6) is 0 Å². The van der Waals surface area contributed by atoms with Gasteiger partial charge in [0.2, 0.25) is 9.84 Å². The van der Waals surface area contributed by atoms with Crippen LogP contribution in [0.15, 0.2) is 64.9 Å². The molecule has 6 heteroatoms. The first kappa shape index (κ1) is 16.6. The average Bonchev–Trinajstić information content (AvgIpc) is 3.22. The fourth-order valence-corrected chi connectivity index (χ4v) is 5.04. The second-order valence-electron chi connectivity index (χ2n) is 6.53. The summed E-state index contributed by atoms with van der Waals surface area (Å²) in [6, 6.07) is 11.1. The van der Waals surface area contributed by atoms with Crippen molar-refractivity contribution < 1.29 is 8.42 Å². The lowest BCUT2D eigenvalue weighted by Crippen LogP contribution is -2.05. The van der Waals surface area contributed by atoms with Crippen molar-refractivity contribution in [2.45, 2.75) is 30.6 Å². The molecule has 132 valence electrons. The van der Waals surface area contributed by atoms with Gasteiger partial charge in [-0.1, -0.05) is 12.1 Å². The molecule has 0 bridgehead atoms. The third-order valence-electron chi connectivity index (χ3n) is 4.63. The van der Waals surface area contributed by atoms with Gasteiger partial charge >= 0.3 is 0 Å². The Balaban J connectivity index is 1.86. The molecule has 0 radical (unpaired) electrons. The van der Waals surface area contributed by atoms with Gasteiger partial charge in [0.05, 0.1) is 21.8 Å². The van der Waals surface area contributed by atoms with Crippen LogP contribution >= 0.6 is 0 Å². The van der Waals surface area contributed by atoms with E-state index in [0.29, 0.717) is 15.4 Å². The van der Waals surface area contributed by atoms with Crippen LogP contribution in [-0.4, -0.2) is 23.0 Å². The van der Waals surface area contributed by atoms with Crippen LogP contribution in [0.1, 0.15) is 16.8 Å². The Morgan fingerprint density at radius 2 is 1.81 bits per heavy atom. The lowest BCUT2D eigenvalue weighted by molar-refractivity contribution is 0.596. The normalized spacial score (nSPS) is 12.0. The summed E-state index contributed by atoms with van der Waals surface area (Å²) in [5.74, 6) is 0. The molecular weight excluding hydrogens is 346 g/mol. The van der Waals surface area contributed by atoms with E-state index < -0.39 is 9.84 Å². The highest BCUT2D eigenvalue weighted by atomic mass is 32.2. The number of nitrogens with one attached hydrogen (secondary N) is 1. The van der Waals surface area contributed by atoms with Crippen molar-refractivity contribution in [2.24, 2.45) is 0 Å². The molecule has 0 aliphatic carbocycles. The van der Waals surface area contributed by atoms with Gasteiger partial charge in [-0.05, 0) is 56.2 Å². The summed E-state index contributed by atoms with van der Waals surface area (Å²) in [5.41, 5.74) is 4.26. The highest BCUT2D eigenvalue weighted by molar-refractivity contribution is 7.91. The zero-order chi connectivity index (χ0) is 18.5. The number of nitrogens with zero attached hydrogens (tertiary/aromatic N) is 2. The van der Waals surface area contributed by atoms with Gasteiger partial charge in [0.25, 0.3) is 0 Å². The van der Waals surface area contributed by atoms with Gasteiger partial charge in [-0.3, -0.25) is 0 Å². The summed E-state index contributed by atoms with van der Waals surface area (Å²) in [6.07, 6.45) is 5.22. The standard InChI is InChI=1S/C20H19N3O2S/c1-13-5-4-6-17-20(13)19(10-21-17)26(24,25)18-8-7-16(9-14(18)2)23-11-15(3)22-12-23/h4-12,21H,1-3H3. The van der Waals surface area contributed by atoms with E-state index in [4.69, 9.17) is 0 Å². The number of hydrogen-bond acceptors (Lipinski definition) is 3. The predicted molar refractivity (Wildman–Crippen MR) is 102 cm³/mol. The fourth-order valence-electron chi connectivity index (χ4n) is 3.32. The maximum atomic E-state index is 13.3. The molecular formula is C20H19N3O2S. The van der Waals surface area contributed by atoms with Crippen molar-refractivity contribution in [3.05, 3.63) is 71.9 Å². The fraction of sp³-hybridized carbons (Fsp3) is 0.150. The van der Waals surface area contributed by atoms with Crippen LogP contribution in [0.25, 0.3) is 16.6 Å². The minimum Gasteiger partial charge on any atom is -0.360 e. The molecule has 4 aromatic rings. The molecule has 5 nitrogen and oxygen atoms in total. The molecule has 2 aromatic carbocycles.